The fourth-order valence-electron chi connectivity index (χ4n) is 4.33. The number of aromatic nitrogens is 3. The average Bonchev–Trinajstić information content (AvgIpc) is 2.97. The van der Waals surface area contributed by atoms with E-state index in [4.69, 9.17) is 5.73 Å². The molecule has 2 amide bonds. The maximum Gasteiger partial charge on any atom is 0.272 e. The van der Waals surface area contributed by atoms with E-state index in [0.717, 1.165) is 16.7 Å². The molecule has 4 rings (SSSR count). The van der Waals surface area contributed by atoms with Crippen LogP contribution in [0.1, 0.15) is 28.7 Å². The van der Waals surface area contributed by atoms with Gasteiger partial charge in [-0.3, -0.25) is 14.6 Å². The molecule has 170 valence electrons. The summed E-state index contributed by atoms with van der Waals surface area (Å²) in [6.45, 7) is 5.59. The molecule has 0 radical (unpaired) electrons. The monoisotopic (exact) mass is 444 g/mol. The lowest BCUT2D eigenvalue weighted by atomic mass is 9.91. The second-order valence-electron chi connectivity index (χ2n) is 8.22. The Balaban J connectivity index is 1.64. The van der Waals surface area contributed by atoms with Crippen LogP contribution in [-0.4, -0.2) is 62.7 Å². The van der Waals surface area contributed by atoms with Crippen molar-refractivity contribution in [3.8, 4) is 11.1 Å². The standard InChI is InChI=1S/C25H28N6O2/c1-3-30-11-12-31(24(33)22-13-17(2)28-25(26)29-22)16-20(23(30)32)14-18-7-4-5-9-21(18)19-8-6-10-27-15-19/h4-10,13,15,20H,3,11-12,14,16H2,1-2H3,(H2,26,28,29)/t20-/m0/s1. The molecule has 1 fully saturated rings. The second-order valence-corrected chi connectivity index (χ2v) is 8.22. The van der Waals surface area contributed by atoms with Gasteiger partial charge in [0.05, 0.1) is 5.92 Å². The van der Waals surface area contributed by atoms with Crippen molar-refractivity contribution in [1.29, 1.82) is 0 Å². The molecule has 2 aromatic heterocycles. The summed E-state index contributed by atoms with van der Waals surface area (Å²) in [5.74, 6) is -0.466. The topological polar surface area (TPSA) is 105 Å². The highest BCUT2D eigenvalue weighted by molar-refractivity contribution is 5.93. The number of nitrogen functional groups attached to an aromatic ring is 1. The normalized spacial score (nSPS) is 16.5. The first kappa shape index (κ1) is 22.4. The van der Waals surface area contributed by atoms with Gasteiger partial charge in [-0.05, 0) is 43.5 Å². The maximum atomic E-state index is 13.4. The van der Waals surface area contributed by atoms with E-state index in [9.17, 15) is 9.59 Å². The fraction of sp³-hybridized carbons (Fsp3) is 0.320. The van der Waals surface area contributed by atoms with Crippen molar-refractivity contribution < 1.29 is 9.59 Å². The number of amides is 2. The van der Waals surface area contributed by atoms with Gasteiger partial charge in [0.25, 0.3) is 5.91 Å². The van der Waals surface area contributed by atoms with E-state index in [1.807, 2.05) is 54.4 Å². The minimum Gasteiger partial charge on any atom is -0.368 e. The lowest BCUT2D eigenvalue weighted by Gasteiger charge is -2.24. The molecule has 0 aliphatic carbocycles. The summed E-state index contributed by atoms with van der Waals surface area (Å²) in [7, 11) is 0. The molecule has 0 spiro atoms. The number of carbonyl (C=O) groups is 2. The van der Waals surface area contributed by atoms with Crippen molar-refractivity contribution in [1.82, 2.24) is 24.8 Å². The van der Waals surface area contributed by atoms with E-state index in [0.29, 0.717) is 38.3 Å². The molecule has 8 heteroatoms. The van der Waals surface area contributed by atoms with E-state index in [2.05, 4.69) is 15.0 Å². The Morgan fingerprint density at radius 1 is 1.15 bits per heavy atom. The highest BCUT2D eigenvalue weighted by Gasteiger charge is 2.33. The van der Waals surface area contributed by atoms with E-state index in [-0.39, 0.29) is 29.4 Å². The zero-order valence-corrected chi connectivity index (χ0v) is 18.9. The van der Waals surface area contributed by atoms with Gasteiger partial charge in [-0.25, -0.2) is 9.97 Å². The van der Waals surface area contributed by atoms with Gasteiger partial charge in [-0.15, -0.1) is 0 Å². The third-order valence-corrected chi connectivity index (χ3v) is 5.96. The lowest BCUT2D eigenvalue weighted by Crippen LogP contribution is -2.38. The van der Waals surface area contributed by atoms with Gasteiger partial charge in [-0.1, -0.05) is 30.3 Å². The third kappa shape index (κ3) is 5.00. The first-order chi connectivity index (χ1) is 16.0. The lowest BCUT2D eigenvalue weighted by molar-refractivity contribution is -0.134. The van der Waals surface area contributed by atoms with Gasteiger partial charge < -0.3 is 15.5 Å². The summed E-state index contributed by atoms with van der Waals surface area (Å²) < 4.78 is 0. The quantitative estimate of drug-likeness (QED) is 0.649. The van der Waals surface area contributed by atoms with Crippen molar-refractivity contribution in [2.75, 3.05) is 31.9 Å². The first-order valence-electron chi connectivity index (χ1n) is 11.1. The Labute approximate surface area is 193 Å². The maximum absolute atomic E-state index is 13.4. The van der Waals surface area contributed by atoms with Crippen LogP contribution >= 0.6 is 0 Å². The number of benzene rings is 1. The molecular formula is C25H28N6O2. The van der Waals surface area contributed by atoms with Crippen molar-refractivity contribution >= 4 is 17.8 Å². The van der Waals surface area contributed by atoms with Crippen LogP contribution in [0.4, 0.5) is 5.95 Å². The van der Waals surface area contributed by atoms with Crippen LogP contribution in [-0.2, 0) is 11.2 Å². The SMILES string of the molecule is CCN1CCN(C(=O)c2cc(C)nc(N)n2)C[C@H](Cc2ccccc2-c2cccnc2)C1=O. The molecule has 1 saturated heterocycles. The third-order valence-electron chi connectivity index (χ3n) is 5.96. The summed E-state index contributed by atoms with van der Waals surface area (Å²) in [6.07, 6.45) is 4.09. The van der Waals surface area contributed by atoms with E-state index in [1.54, 1.807) is 24.1 Å². The molecule has 0 saturated carbocycles. The zero-order chi connectivity index (χ0) is 23.4. The Morgan fingerprint density at radius 2 is 1.97 bits per heavy atom. The molecule has 0 unspecified atom stereocenters. The smallest absolute Gasteiger partial charge is 0.272 e. The highest BCUT2D eigenvalue weighted by Crippen LogP contribution is 2.27. The van der Waals surface area contributed by atoms with Gasteiger partial charge in [-0.2, -0.15) is 0 Å². The molecule has 8 nitrogen and oxygen atoms in total. The number of pyridine rings is 1. The Hall–Kier alpha value is -3.81. The van der Waals surface area contributed by atoms with Gasteiger partial charge in [0.15, 0.2) is 0 Å². The largest absolute Gasteiger partial charge is 0.368 e. The van der Waals surface area contributed by atoms with Crippen molar-refractivity contribution in [2.45, 2.75) is 20.3 Å². The van der Waals surface area contributed by atoms with Gasteiger partial charge >= 0.3 is 0 Å². The molecule has 1 atom stereocenters. The highest BCUT2D eigenvalue weighted by atomic mass is 16.2. The number of likely N-dealkylation sites (N-methyl/N-ethyl adjacent to an activating group) is 1. The number of nitrogens with zero attached hydrogens (tertiary/aromatic N) is 5. The van der Waals surface area contributed by atoms with Crippen LogP contribution in [0.3, 0.4) is 0 Å². The van der Waals surface area contributed by atoms with Crippen LogP contribution < -0.4 is 5.73 Å². The summed E-state index contributed by atoms with van der Waals surface area (Å²) in [6, 6.07) is 13.6. The predicted molar refractivity (Wildman–Crippen MR) is 126 cm³/mol. The van der Waals surface area contributed by atoms with E-state index >= 15 is 0 Å². The summed E-state index contributed by atoms with van der Waals surface area (Å²) in [4.78, 5) is 42.6. The van der Waals surface area contributed by atoms with E-state index in [1.165, 1.54) is 0 Å². The number of hydrogen-bond donors (Lipinski definition) is 1. The minimum absolute atomic E-state index is 0.0622. The molecule has 1 aliphatic heterocycles. The number of carbonyl (C=O) groups excluding carboxylic acids is 2. The Kier molecular flexibility index (Phi) is 6.63. The molecule has 33 heavy (non-hydrogen) atoms. The van der Waals surface area contributed by atoms with Crippen LogP contribution in [0.5, 0.6) is 0 Å². The number of aryl methyl sites for hydroxylation is 1. The molecule has 1 aromatic carbocycles. The number of anilines is 1. The van der Waals surface area contributed by atoms with Crippen molar-refractivity contribution in [3.05, 3.63) is 71.8 Å². The van der Waals surface area contributed by atoms with Crippen LogP contribution in [0.15, 0.2) is 54.9 Å². The second kappa shape index (κ2) is 9.77. The molecular weight excluding hydrogens is 416 g/mol. The fourth-order valence-corrected chi connectivity index (χ4v) is 4.33. The molecule has 3 aromatic rings. The van der Waals surface area contributed by atoms with Crippen LogP contribution in [0, 0.1) is 12.8 Å². The average molecular weight is 445 g/mol. The van der Waals surface area contributed by atoms with E-state index < -0.39 is 0 Å². The minimum atomic E-state index is -0.366. The number of nitrogens with two attached hydrogens (primary N) is 1. The Morgan fingerprint density at radius 3 is 2.70 bits per heavy atom. The Bertz CT molecular complexity index is 1130. The van der Waals surface area contributed by atoms with Crippen LogP contribution in [0.25, 0.3) is 11.1 Å². The zero-order valence-electron chi connectivity index (χ0n) is 18.9. The molecule has 0 bridgehead atoms. The van der Waals surface area contributed by atoms with Crippen LogP contribution in [0.2, 0.25) is 0 Å². The van der Waals surface area contributed by atoms with Gasteiger partial charge in [0.2, 0.25) is 11.9 Å². The first-order valence-corrected chi connectivity index (χ1v) is 11.1. The van der Waals surface area contributed by atoms with Crippen molar-refractivity contribution in [3.63, 3.8) is 0 Å². The number of hydrogen-bond acceptors (Lipinski definition) is 6. The van der Waals surface area contributed by atoms with Gasteiger partial charge in [0.1, 0.15) is 5.69 Å². The van der Waals surface area contributed by atoms with Crippen molar-refractivity contribution in [2.24, 2.45) is 5.92 Å². The molecule has 3 heterocycles. The number of rotatable bonds is 5. The molecule has 1 aliphatic rings. The summed E-state index contributed by atoms with van der Waals surface area (Å²) in [5, 5.41) is 0. The summed E-state index contributed by atoms with van der Waals surface area (Å²) >= 11 is 0. The predicted octanol–water partition coefficient (Wildman–Crippen LogP) is 2.59. The molecule has 2 N–H and O–H groups in total. The summed E-state index contributed by atoms with van der Waals surface area (Å²) in [5.41, 5.74) is 9.75. The van der Waals surface area contributed by atoms with Gasteiger partial charge in [0, 0.05) is 49.8 Å².